The summed E-state index contributed by atoms with van der Waals surface area (Å²) in [5, 5.41) is 3.48. The Morgan fingerprint density at radius 2 is 2.05 bits per heavy atom. The van der Waals surface area contributed by atoms with Crippen LogP contribution in [0.1, 0.15) is 27.7 Å². The quantitative estimate of drug-likeness (QED) is 0.337. The number of hydrogen-bond acceptors (Lipinski definition) is 6. The van der Waals surface area contributed by atoms with Crippen LogP contribution in [0.15, 0.2) is 5.11 Å². The first kappa shape index (κ1) is 15.1. The van der Waals surface area contributed by atoms with Gasteiger partial charge in [-0.2, -0.15) is 0 Å². The van der Waals surface area contributed by atoms with Crippen LogP contribution >= 0.6 is 0 Å². The summed E-state index contributed by atoms with van der Waals surface area (Å²) >= 11 is 0. The summed E-state index contributed by atoms with van der Waals surface area (Å²) in [6.45, 7) is 7.14. The van der Waals surface area contributed by atoms with Crippen molar-refractivity contribution in [2.45, 2.75) is 64.0 Å². The lowest BCUT2D eigenvalue weighted by Gasteiger charge is -2.23. The Bertz CT molecular complexity index is 433. The molecule has 0 N–H and O–H groups in total. The predicted molar refractivity (Wildman–Crippen MR) is 67.7 cm³/mol. The number of ether oxygens (including phenoxy) is 4. The standard InChI is InChI=1S/C12H19N3O5/c1-6(2)17-11(16)10-9-8(19-12(3,4)20-9)7(18-10)5-14-15-13/h6-10H,5H2,1-4H3/t7-,8-,9-,10-/m1/s1. The lowest BCUT2D eigenvalue weighted by Crippen LogP contribution is -2.37. The van der Waals surface area contributed by atoms with E-state index in [9.17, 15) is 4.79 Å². The molecule has 0 amide bonds. The first-order valence-corrected chi connectivity index (χ1v) is 6.56. The van der Waals surface area contributed by atoms with Crippen molar-refractivity contribution in [3.8, 4) is 0 Å². The summed E-state index contributed by atoms with van der Waals surface area (Å²) in [7, 11) is 0. The molecule has 2 heterocycles. The molecule has 2 saturated heterocycles. The molecule has 0 aromatic rings. The maximum atomic E-state index is 12.0. The Labute approximate surface area is 116 Å². The van der Waals surface area contributed by atoms with E-state index in [1.165, 1.54) is 0 Å². The third-order valence-electron chi connectivity index (χ3n) is 3.06. The molecule has 0 radical (unpaired) electrons. The number of fused-ring (bicyclic) bond motifs is 1. The van der Waals surface area contributed by atoms with Gasteiger partial charge in [-0.25, -0.2) is 4.79 Å². The fraction of sp³-hybridized carbons (Fsp3) is 0.917. The van der Waals surface area contributed by atoms with E-state index in [-0.39, 0.29) is 12.6 Å². The Balaban J connectivity index is 2.14. The molecule has 20 heavy (non-hydrogen) atoms. The van der Waals surface area contributed by atoms with Gasteiger partial charge in [0, 0.05) is 4.91 Å². The largest absolute Gasteiger partial charge is 0.461 e. The predicted octanol–water partition coefficient (Wildman–Crippen LogP) is 1.54. The van der Waals surface area contributed by atoms with Crippen LogP contribution in [-0.2, 0) is 23.7 Å². The van der Waals surface area contributed by atoms with Gasteiger partial charge in [-0.15, -0.1) is 0 Å². The van der Waals surface area contributed by atoms with E-state index in [1.807, 2.05) is 0 Å². The second kappa shape index (κ2) is 5.57. The number of carbonyl (C=O) groups excluding carboxylic acids is 1. The van der Waals surface area contributed by atoms with Gasteiger partial charge in [0.2, 0.25) is 0 Å². The topological polar surface area (TPSA) is 103 Å². The summed E-state index contributed by atoms with van der Waals surface area (Å²) < 4.78 is 22.2. The first-order valence-electron chi connectivity index (χ1n) is 6.56. The van der Waals surface area contributed by atoms with Crippen LogP contribution in [-0.4, -0.2) is 48.8 Å². The highest BCUT2D eigenvalue weighted by Gasteiger charge is 2.57. The number of azide groups is 1. The summed E-state index contributed by atoms with van der Waals surface area (Å²) in [4.78, 5) is 14.7. The summed E-state index contributed by atoms with van der Waals surface area (Å²) in [6.07, 6.45) is -2.60. The molecule has 0 unspecified atom stereocenters. The fourth-order valence-corrected chi connectivity index (χ4v) is 2.44. The van der Waals surface area contributed by atoms with Gasteiger partial charge >= 0.3 is 5.97 Å². The Morgan fingerprint density at radius 3 is 2.65 bits per heavy atom. The molecule has 0 bridgehead atoms. The third kappa shape index (κ3) is 3.04. The summed E-state index contributed by atoms with van der Waals surface area (Å²) in [5.74, 6) is -1.29. The molecule has 2 rings (SSSR count). The van der Waals surface area contributed by atoms with Crippen LogP contribution in [0.5, 0.6) is 0 Å². The van der Waals surface area contributed by atoms with Gasteiger partial charge in [-0.05, 0) is 33.2 Å². The maximum Gasteiger partial charge on any atom is 0.338 e. The fourth-order valence-electron chi connectivity index (χ4n) is 2.44. The molecular formula is C12H19N3O5. The van der Waals surface area contributed by atoms with Gasteiger partial charge in [0.05, 0.1) is 18.8 Å². The smallest absolute Gasteiger partial charge is 0.338 e. The van der Waals surface area contributed by atoms with Crippen molar-refractivity contribution in [2.75, 3.05) is 6.54 Å². The van der Waals surface area contributed by atoms with E-state index in [1.54, 1.807) is 27.7 Å². The van der Waals surface area contributed by atoms with Crippen molar-refractivity contribution in [2.24, 2.45) is 5.11 Å². The molecule has 112 valence electrons. The van der Waals surface area contributed by atoms with E-state index >= 15 is 0 Å². The third-order valence-corrected chi connectivity index (χ3v) is 3.06. The highest BCUT2D eigenvalue weighted by atomic mass is 16.8. The van der Waals surface area contributed by atoms with Gasteiger partial charge in [-0.1, -0.05) is 5.11 Å². The van der Waals surface area contributed by atoms with E-state index in [4.69, 9.17) is 24.5 Å². The van der Waals surface area contributed by atoms with Gasteiger partial charge in [0.25, 0.3) is 0 Å². The SMILES string of the molecule is CC(C)OC(=O)[C@@H]1O[C@H](CN=[N+]=[N-])[C@H]2OC(C)(C)O[C@H]21. The average molecular weight is 285 g/mol. The van der Waals surface area contributed by atoms with E-state index < -0.39 is 36.2 Å². The second-order valence-corrected chi connectivity index (χ2v) is 5.56. The van der Waals surface area contributed by atoms with Crippen LogP contribution in [0.3, 0.4) is 0 Å². The lowest BCUT2D eigenvalue weighted by molar-refractivity contribution is -0.196. The number of rotatable bonds is 4. The Morgan fingerprint density at radius 1 is 1.40 bits per heavy atom. The normalized spacial score (nSPS) is 34.6. The van der Waals surface area contributed by atoms with Crippen LogP contribution in [0, 0.1) is 0 Å². The van der Waals surface area contributed by atoms with Crippen LogP contribution < -0.4 is 0 Å². The Kier molecular flexibility index (Phi) is 4.19. The summed E-state index contributed by atoms with van der Waals surface area (Å²) in [5.41, 5.74) is 8.40. The maximum absolute atomic E-state index is 12.0. The molecule has 0 aromatic heterocycles. The van der Waals surface area contributed by atoms with Gasteiger partial charge in [0.15, 0.2) is 11.9 Å². The Hall–Kier alpha value is -1.34. The van der Waals surface area contributed by atoms with Crippen molar-refractivity contribution in [3.05, 3.63) is 10.4 Å². The number of carbonyl (C=O) groups is 1. The van der Waals surface area contributed by atoms with Crippen molar-refractivity contribution < 1.29 is 23.7 Å². The van der Waals surface area contributed by atoms with E-state index in [0.717, 1.165) is 0 Å². The van der Waals surface area contributed by atoms with Crippen molar-refractivity contribution in [1.82, 2.24) is 0 Å². The molecule has 2 fully saturated rings. The molecule has 4 atom stereocenters. The highest BCUT2D eigenvalue weighted by Crippen LogP contribution is 2.39. The minimum atomic E-state index is -0.858. The average Bonchev–Trinajstić information content (AvgIpc) is 2.79. The van der Waals surface area contributed by atoms with Crippen LogP contribution in [0.2, 0.25) is 0 Å². The number of esters is 1. The monoisotopic (exact) mass is 285 g/mol. The minimum absolute atomic E-state index is 0.0859. The second-order valence-electron chi connectivity index (χ2n) is 5.56. The van der Waals surface area contributed by atoms with Gasteiger partial charge in [0.1, 0.15) is 12.2 Å². The molecule has 0 saturated carbocycles. The number of nitrogens with zero attached hydrogens (tertiary/aromatic N) is 3. The van der Waals surface area contributed by atoms with Gasteiger partial charge in [-0.3, -0.25) is 0 Å². The van der Waals surface area contributed by atoms with Crippen molar-refractivity contribution in [3.63, 3.8) is 0 Å². The molecule has 2 aliphatic rings. The molecule has 8 heteroatoms. The zero-order valence-corrected chi connectivity index (χ0v) is 12.0. The first-order chi connectivity index (χ1) is 9.34. The minimum Gasteiger partial charge on any atom is -0.461 e. The zero-order valence-electron chi connectivity index (χ0n) is 12.0. The highest BCUT2D eigenvalue weighted by molar-refractivity contribution is 5.76. The van der Waals surface area contributed by atoms with Crippen LogP contribution in [0.4, 0.5) is 0 Å². The molecular weight excluding hydrogens is 266 g/mol. The van der Waals surface area contributed by atoms with Crippen molar-refractivity contribution in [1.29, 1.82) is 0 Å². The molecule has 0 spiro atoms. The molecule has 0 aromatic carbocycles. The van der Waals surface area contributed by atoms with Gasteiger partial charge < -0.3 is 18.9 Å². The van der Waals surface area contributed by atoms with Crippen molar-refractivity contribution >= 4 is 5.97 Å². The number of hydrogen-bond donors (Lipinski definition) is 0. The molecule has 0 aliphatic carbocycles. The molecule has 2 aliphatic heterocycles. The molecule has 8 nitrogen and oxygen atoms in total. The lowest BCUT2D eigenvalue weighted by atomic mass is 10.1. The zero-order chi connectivity index (χ0) is 14.9. The van der Waals surface area contributed by atoms with Crippen LogP contribution in [0.25, 0.3) is 10.4 Å². The van der Waals surface area contributed by atoms with E-state index in [2.05, 4.69) is 10.0 Å². The van der Waals surface area contributed by atoms with E-state index in [0.29, 0.717) is 0 Å². The summed E-state index contributed by atoms with van der Waals surface area (Å²) in [6, 6.07) is 0.